The number of amides is 2. The molecule has 0 unspecified atom stereocenters. The summed E-state index contributed by atoms with van der Waals surface area (Å²) in [6.07, 6.45) is -4.67. The molecule has 1 saturated heterocycles. The van der Waals surface area contributed by atoms with E-state index in [-0.39, 0.29) is 36.1 Å². The Balaban J connectivity index is 1.63. The highest BCUT2D eigenvalue weighted by atomic mass is 32.1. The molecule has 0 spiro atoms. The van der Waals surface area contributed by atoms with Crippen molar-refractivity contribution in [1.82, 2.24) is 14.8 Å². The quantitative estimate of drug-likeness (QED) is 0.553. The first-order valence-electron chi connectivity index (χ1n) is 9.65. The summed E-state index contributed by atoms with van der Waals surface area (Å²) in [6, 6.07) is 4.12. The topological polar surface area (TPSA) is 91.6 Å². The fraction of sp³-hybridized carbons (Fsp3) is 0.286. The third kappa shape index (κ3) is 4.30. The molecular weight excluding hydrogens is 466 g/mol. The number of likely N-dealkylation sites (tertiary alicyclic amines) is 1. The number of rotatable bonds is 4. The Morgan fingerprint density at radius 3 is 2.58 bits per heavy atom. The zero-order chi connectivity index (χ0) is 24.1. The zero-order valence-electron chi connectivity index (χ0n) is 17.1. The number of thiophene rings is 1. The van der Waals surface area contributed by atoms with Crippen molar-refractivity contribution in [3.05, 3.63) is 57.6 Å². The van der Waals surface area contributed by atoms with E-state index in [0.29, 0.717) is 16.8 Å². The van der Waals surface area contributed by atoms with Gasteiger partial charge in [0.25, 0.3) is 5.56 Å². The van der Waals surface area contributed by atoms with Crippen molar-refractivity contribution in [2.75, 3.05) is 13.1 Å². The van der Waals surface area contributed by atoms with E-state index >= 15 is 0 Å². The molecule has 4 rings (SSSR count). The zero-order valence-corrected chi connectivity index (χ0v) is 17.9. The van der Waals surface area contributed by atoms with Crippen LogP contribution in [0.3, 0.4) is 0 Å². The van der Waals surface area contributed by atoms with Crippen LogP contribution in [-0.2, 0) is 17.5 Å². The number of pyridine rings is 1. The molecule has 12 heteroatoms. The molecule has 3 heterocycles. The Morgan fingerprint density at radius 2 is 1.94 bits per heavy atom. The van der Waals surface area contributed by atoms with Crippen LogP contribution in [0.5, 0.6) is 0 Å². The van der Waals surface area contributed by atoms with Crippen molar-refractivity contribution in [3.63, 3.8) is 0 Å². The highest BCUT2D eigenvalue weighted by Crippen LogP contribution is 2.37. The number of carboxylic acid groups (broad SMARTS) is 1. The predicted molar refractivity (Wildman–Crippen MR) is 113 cm³/mol. The van der Waals surface area contributed by atoms with Crippen molar-refractivity contribution < 1.29 is 32.3 Å². The van der Waals surface area contributed by atoms with Gasteiger partial charge in [-0.15, -0.1) is 11.3 Å². The highest BCUT2D eigenvalue weighted by Gasteiger charge is 2.42. The lowest BCUT2D eigenvalue weighted by atomic mass is 9.92. The lowest BCUT2D eigenvalue weighted by Crippen LogP contribution is -2.69. The van der Waals surface area contributed by atoms with Gasteiger partial charge in [0.1, 0.15) is 12.4 Å². The van der Waals surface area contributed by atoms with Crippen LogP contribution < -0.4 is 10.9 Å². The summed E-state index contributed by atoms with van der Waals surface area (Å²) in [7, 11) is 0. The number of hydrogen-bond acceptors (Lipinski definition) is 4. The lowest BCUT2D eigenvalue weighted by molar-refractivity contribution is -0.140. The molecule has 0 atom stereocenters. The number of alkyl halides is 3. The second-order valence-electron chi connectivity index (χ2n) is 8.07. The molecule has 174 valence electrons. The van der Waals surface area contributed by atoms with Crippen LogP contribution >= 0.6 is 11.3 Å². The SMILES string of the molecule is CC1(NC(=O)O)CN(C(=O)Cn2ccc3scc(-c4ccc(F)c(C(F)(F)F)c4)c3c2=O)C1. The van der Waals surface area contributed by atoms with Crippen LogP contribution in [0.15, 0.2) is 40.6 Å². The molecule has 0 aliphatic carbocycles. The average molecular weight is 483 g/mol. The first kappa shape index (κ1) is 22.8. The maximum atomic E-state index is 13.7. The van der Waals surface area contributed by atoms with E-state index in [1.165, 1.54) is 22.5 Å². The summed E-state index contributed by atoms with van der Waals surface area (Å²) in [5.74, 6) is -1.81. The van der Waals surface area contributed by atoms with E-state index in [2.05, 4.69) is 5.32 Å². The van der Waals surface area contributed by atoms with Gasteiger partial charge in [-0.3, -0.25) is 9.59 Å². The largest absolute Gasteiger partial charge is 0.465 e. The molecule has 7 nitrogen and oxygen atoms in total. The van der Waals surface area contributed by atoms with Gasteiger partial charge in [-0.05, 0) is 30.7 Å². The van der Waals surface area contributed by atoms with E-state index in [4.69, 9.17) is 5.11 Å². The molecule has 1 aromatic carbocycles. The van der Waals surface area contributed by atoms with E-state index in [1.54, 1.807) is 13.0 Å². The van der Waals surface area contributed by atoms with Crippen LogP contribution in [-0.4, -0.2) is 45.2 Å². The maximum Gasteiger partial charge on any atom is 0.419 e. The molecule has 0 saturated carbocycles. The predicted octanol–water partition coefficient (Wildman–Crippen LogP) is 3.76. The Morgan fingerprint density at radius 1 is 1.24 bits per heavy atom. The number of carbonyl (C=O) groups excluding carboxylic acids is 1. The molecular formula is C21H17F4N3O4S. The standard InChI is InChI=1S/C21H17F4N3O4S/c1-20(26-19(31)32)9-28(10-20)16(29)7-27-5-4-15-17(18(27)30)12(8-33-15)11-2-3-14(22)13(6-11)21(23,24)25/h2-6,8,26H,7,9-10H2,1H3,(H,31,32). The van der Waals surface area contributed by atoms with Crippen LogP contribution in [0, 0.1) is 5.82 Å². The molecule has 1 aliphatic rings. The summed E-state index contributed by atoms with van der Waals surface area (Å²) in [6.45, 7) is 1.63. The van der Waals surface area contributed by atoms with Crippen molar-refractivity contribution in [2.45, 2.75) is 25.2 Å². The van der Waals surface area contributed by atoms with E-state index in [1.807, 2.05) is 0 Å². The Labute approximate surface area is 187 Å². The number of benzene rings is 1. The molecule has 2 aromatic heterocycles. The van der Waals surface area contributed by atoms with Gasteiger partial charge in [-0.25, -0.2) is 9.18 Å². The van der Waals surface area contributed by atoms with Crippen molar-refractivity contribution >= 4 is 33.4 Å². The Hall–Kier alpha value is -3.41. The number of aromatic nitrogens is 1. The third-order valence-electron chi connectivity index (χ3n) is 5.43. The second kappa shape index (κ2) is 7.87. The second-order valence-corrected chi connectivity index (χ2v) is 8.98. The Kier molecular flexibility index (Phi) is 5.43. The number of hydrogen-bond donors (Lipinski definition) is 2. The monoisotopic (exact) mass is 483 g/mol. The van der Waals surface area contributed by atoms with Crippen molar-refractivity contribution in [1.29, 1.82) is 0 Å². The highest BCUT2D eigenvalue weighted by molar-refractivity contribution is 7.17. The molecule has 2 amide bonds. The number of nitrogens with one attached hydrogen (secondary N) is 1. The number of fused-ring (bicyclic) bond motifs is 1. The fourth-order valence-electron chi connectivity index (χ4n) is 3.89. The van der Waals surface area contributed by atoms with E-state index in [9.17, 15) is 31.9 Å². The van der Waals surface area contributed by atoms with Gasteiger partial charge in [0.2, 0.25) is 5.91 Å². The summed E-state index contributed by atoms with van der Waals surface area (Å²) in [4.78, 5) is 37.9. The van der Waals surface area contributed by atoms with Gasteiger partial charge in [0.15, 0.2) is 0 Å². The minimum absolute atomic E-state index is 0.0365. The van der Waals surface area contributed by atoms with Gasteiger partial charge in [0.05, 0.1) is 16.5 Å². The number of halogens is 4. The van der Waals surface area contributed by atoms with Gasteiger partial charge < -0.3 is 19.9 Å². The fourth-order valence-corrected chi connectivity index (χ4v) is 4.84. The van der Waals surface area contributed by atoms with Crippen LogP contribution in [0.4, 0.5) is 22.4 Å². The van der Waals surface area contributed by atoms with Gasteiger partial charge >= 0.3 is 12.3 Å². The van der Waals surface area contributed by atoms with Crippen molar-refractivity contribution in [3.8, 4) is 11.1 Å². The molecule has 1 fully saturated rings. The van der Waals surface area contributed by atoms with Gasteiger partial charge in [-0.1, -0.05) is 6.07 Å². The van der Waals surface area contributed by atoms with E-state index in [0.717, 1.165) is 15.9 Å². The van der Waals surface area contributed by atoms with Crippen LogP contribution in [0.25, 0.3) is 21.2 Å². The molecule has 2 N–H and O–H groups in total. The molecule has 33 heavy (non-hydrogen) atoms. The van der Waals surface area contributed by atoms with Crippen LogP contribution in [0.2, 0.25) is 0 Å². The normalized spacial score (nSPS) is 15.4. The van der Waals surface area contributed by atoms with Gasteiger partial charge in [-0.2, -0.15) is 13.2 Å². The van der Waals surface area contributed by atoms with Crippen molar-refractivity contribution in [2.24, 2.45) is 0 Å². The first-order chi connectivity index (χ1) is 15.4. The number of nitrogens with zero attached hydrogens (tertiary/aromatic N) is 2. The molecule has 0 radical (unpaired) electrons. The molecule has 0 bridgehead atoms. The Bertz CT molecular complexity index is 1330. The summed E-state index contributed by atoms with van der Waals surface area (Å²) in [5, 5.41) is 12.8. The van der Waals surface area contributed by atoms with Gasteiger partial charge in [0, 0.05) is 34.9 Å². The smallest absolute Gasteiger partial charge is 0.419 e. The lowest BCUT2D eigenvalue weighted by Gasteiger charge is -2.47. The molecule has 1 aliphatic heterocycles. The minimum atomic E-state index is -4.89. The average Bonchev–Trinajstić information content (AvgIpc) is 3.12. The third-order valence-corrected chi connectivity index (χ3v) is 6.38. The molecule has 3 aromatic rings. The summed E-state index contributed by atoms with van der Waals surface area (Å²) < 4.78 is 54.7. The number of carbonyl (C=O) groups is 2. The van der Waals surface area contributed by atoms with E-state index < -0.39 is 40.7 Å². The maximum absolute atomic E-state index is 13.7. The first-order valence-corrected chi connectivity index (χ1v) is 10.5. The minimum Gasteiger partial charge on any atom is -0.465 e. The summed E-state index contributed by atoms with van der Waals surface area (Å²) in [5.41, 5.74) is -2.51. The summed E-state index contributed by atoms with van der Waals surface area (Å²) >= 11 is 1.15. The van der Waals surface area contributed by atoms with Crippen LogP contribution in [0.1, 0.15) is 12.5 Å².